The molecule has 0 bridgehead atoms. The Labute approximate surface area is 90.6 Å². The van der Waals surface area contributed by atoms with E-state index in [4.69, 9.17) is 4.74 Å². The molecule has 1 saturated heterocycles. The number of rotatable bonds is 1. The maximum atomic E-state index is 5.61. The van der Waals surface area contributed by atoms with Crippen LogP contribution < -0.4 is 10.1 Å². The molecule has 2 heterocycles. The Bertz CT molecular complexity index is 369. The van der Waals surface area contributed by atoms with Crippen molar-refractivity contribution < 1.29 is 4.74 Å². The fourth-order valence-corrected chi connectivity index (χ4v) is 2.50. The van der Waals surface area contributed by atoms with Crippen molar-refractivity contribution in [1.82, 2.24) is 5.32 Å². The molecule has 2 aliphatic heterocycles. The van der Waals surface area contributed by atoms with Crippen molar-refractivity contribution in [2.24, 2.45) is 0 Å². The Balaban J connectivity index is 1.85. The predicted octanol–water partition coefficient (Wildman–Crippen LogP) is 2.43. The van der Waals surface area contributed by atoms with Crippen LogP contribution in [0.15, 0.2) is 18.2 Å². The fraction of sp³-hybridized carbons (Fsp3) is 0.538. The van der Waals surface area contributed by atoms with Crippen molar-refractivity contribution in [3.8, 4) is 5.75 Å². The topological polar surface area (TPSA) is 21.3 Å². The third kappa shape index (κ3) is 1.63. The van der Waals surface area contributed by atoms with Gasteiger partial charge in [-0.3, -0.25) is 0 Å². The zero-order valence-electron chi connectivity index (χ0n) is 9.12. The molecule has 2 aliphatic rings. The van der Waals surface area contributed by atoms with Gasteiger partial charge in [-0.1, -0.05) is 12.1 Å². The van der Waals surface area contributed by atoms with Gasteiger partial charge in [-0.2, -0.15) is 0 Å². The summed E-state index contributed by atoms with van der Waals surface area (Å²) in [5.41, 5.74) is 2.82. The van der Waals surface area contributed by atoms with E-state index in [2.05, 4.69) is 30.4 Å². The summed E-state index contributed by atoms with van der Waals surface area (Å²) in [6.07, 6.45) is 3.59. The molecule has 0 amide bonds. The van der Waals surface area contributed by atoms with E-state index in [-0.39, 0.29) is 0 Å². The number of aryl methyl sites for hydroxylation is 1. The van der Waals surface area contributed by atoms with Crippen LogP contribution in [0.3, 0.4) is 0 Å². The third-order valence-corrected chi connectivity index (χ3v) is 3.41. The summed E-state index contributed by atoms with van der Waals surface area (Å²) in [6, 6.07) is 7.91. The molecule has 1 aromatic carbocycles. The number of fused-ring (bicyclic) bond motifs is 1. The van der Waals surface area contributed by atoms with E-state index < -0.39 is 0 Å². The molecule has 15 heavy (non-hydrogen) atoms. The lowest BCUT2D eigenvalue weighted by Crippen LogP contribution is -2.43. The van der Waals surface area contributed by atoms with Gasteiger partial charge in [-0.05, 0) is 43.4 Å². The number of hydrogen-bond acceptors (Lipinski definition) is 2. The van der Waals surface area contributed by atoms with Crippen molar-refractivity contribution in [3.05, 3.63) is 29.3 Å². The molecule has 0 saturated carbocycles. The van der Waals surface area contributed by atoms with E-state index in [1.807, 2.05) is 0 Å². The molecule has 2 nitrogen and oxygen atoms in total. The summed E-state index contributed by atoms with van der Waals surface area (Å²) in [5.74, 6) is 1.09. The Morgan fingerprint density at radius 2 is 2.27 bits per heavy atom. The second-order valence-electron chi connectivity index (χ2n) is 4.68. The van der Waals surface area contributed by atoms with E-state index in [1.54, 1.807) is 0 Å². The predicted molar refractivity (Wildman–Crippen MR) is 60.2 cm³/mol. The molecule has 0 spiro atoms. The van der Waals surface area contributed by atoms with Crippen LogP contribution in [-0.4, -0.2) is 12.6 Å². The van der Waals surface area contributed by atoms with Crippen LogP contribution >= 0.6 is 0 Å². The Hall–Kier alpha value is -1.02. The maximum absolute atomic E-state index is 5.61. The van der Waals surface area contributed by atoms with E-state index in [1.165, 1.54) is 24.0 Å². The number of ether oxygens (including phenoxy) is 1. The van der Waals surface area contributed by atoms with Crippen molar-refractivity contribution in [1.29, 1.82) is 0 Å². The van der Waals surface area contributed by atoms with Crippen molar-refractivity contribution >= 4 is 0 Å². The standard InChI is InChI=1S/C13H17NO/c1-9-7-12(14-9)10-4-5-13-11(8-10)3-2-6-15-13/h4-5,8-9,12,14H,2-3,6-7H2,1H3. The van der Waals surface area contributed by atoms with Gasteiger partial charge in [-0.25, -0.2) is 0 Å². The average molecular weight is 203 g/mol. The molecule has 0 radical (unpaired) electrons. The molecule has 1 aromatic rings. The zero-order chi connectivity index (χ0) is 10.3. The van der Waals surface area contributed by atoms with Gasteiger partial charge in [0, 0.05) is 12.1 Å². The summed E-state index contributed by atoms with van der Waals surface area (Å²) >= 11 is 0. The SMILES string of the molecule is CC1CC(c2ccc3c(c2)CCCO3)N1. The zero-order valence-corrected chi connectivity index (χ0v) is 9.12. The van der Waals surface area contributed by atoms with Crippen LogP contribution in [0, 0.1) is 0 Å². The maximum Gasteiger partial charge on any atom is 0.122 e. The molecule has 1 fully saturated rings. The lowest BCUT2D eigenvalue weighted by Gasteiger charge is -2.35. The van der Waals surface area contributed by atoms with Gasteiger partial charge < -0.3 is 10.1 Å². The third-order valence-electron chi connectivity index (χ3n) is 3.41. The van der Waals surface area contributed by atoms with Crippen LogP contribution in [0.1, 0.15) is 36.9 Å². The van der Waals surface area contributed by atoms with E-state index in [0.29, 0.717) is 12.1 Å². The fourth-order valence-electron chi connectivity index (χ4n) is 2.50. The van der Waals surface area contributed by atoms with E-state index in [0.717, 1.165) is 18.8 Å². The van der Waals surface area contributed by atoms with Crippen LogP contribution in [0.5, 0.6) is 5.75 Å². The minimum absolute atomic E-state index is 0.576. The van der Waals surface area contributed by atoms with Crippen LogP contribution in [0.2, 0.25) is 0 Å². The molecule has 2 unspecified atom stereocenters. The second-order valence-corrected chi connectivity index (χ2v) is 4.68. The van der Waals surface area contributed by atoms with Crippen LogP contribution in [0.25, 0.3) is 0 Å². The van der Waals surface area contributed by atoms with Crippen LogP contribution in [-0.2, 0) is 6.42 Å². The number of hydrogen-bond donors (Lipinski definition) is 1. The molecule has 1 N–H and O–H groups in total. The normalized spacial score (nSPS) is 28.9. The molecule has 80 valence electrons. The summed E-state index contributed by atoms with van der Waals surface area (Å²) in [4.78, 5) is 0. The first-order valence-corrected chi connectivity index (χ1v) is 5.84. The molecule has 3 rings (SSSR count). The van der Waals surface area contributed by atoms with Gasteiger partial charge >= 0.3 is 0 Å². The average Bonchev–Trinajstić information content (AvgIpc) is 2.24. The monoisotopic (exact) mass is 203 g/mol. The first-order valence-electron chi connectivity index (χ1n) is 5.84. The van der Waals surface area contributed by atoms with Gasteiger partial charge in [-0.15, -0.1) is 0 Å². The van der Waals surface area contributed by atoms with Crippen molar-refractivity contribution in [2.45, 2.75) is 38.3 Å². The lowest BCUT2D eigenvalue weighted by molar-refractivity contribution is 0.280. The highest BCUT2D eigenvalue weighted by Crippen LogP contribution is 2.32. The summed E-state index contributed by atoms with van der Waals surface area (Å²) in [5, 5.41) is 3.52. The molecular weight excluding hydrogens is 186 g/mol. The molecular formula is C13H17NO. The first-order chi connectivity index (χ1) is 7.33. The Kier molecular flexibility index (Phi) is 2.17. The molecule has 0 aliphatic carbocycles. The van der Waals surface area contributed by atoms with Gasteiger partial charge in [0.15, 0.2) is 0 Å². The Morgan fingerprint density at radius 3 is 3.07 bits per heavy atom. The quantitative estimate of drug-likeness (QED) is 0.757. The summed E-state index contributed by atoms with van der Waals surface area (Å²) in [6.45, 7) is 3.11. The van der Waals surface area contributed by atoms with Gasteiger partial charge in [0.1, 0.15) is 5.75 Å². The smallest absolute Gasteiger partial charge is 0.122 e. The lowest BCUT2D eigenvalue weighted by atomic mass is 9.90. The minimum Gasteiger partial charge on any atom is -0.493 e. The van der Waals surface area contributed by atoms with Crippen molar-refractivity contribution in [2.75, 3.05) is 6.61 Å². The van der Waals surface area contributed by atoms with Gasteiger partial charge in [0.05, 0.1) is 6.61 Å². The summed E-state index contributed by atoms with van der Waals surface area (Å²) in [7, 11) is 0. The minimum atomic E-state index is 0.576. The van der Waals surface area contributed by atoms with E-state index >= 15 is 0 Å². The number of nitrogens with one attached hydrogen (secondary N) is 1. The van der Waals surface area contributed by atoms with Crippen LogP contribution in [0.4, 0.5) is 0 Å². The summed E-state index contributed by atoms with van der Waals surface area (Å²) < 4.78 is 5.61. The highest BCUT2D eigenvalue weighted by Gasteiger charge is 2.26. The highest BCUT2D eigenvalue weighted by molar-refractivity contribution is 5.40. The van der Waals surface area contributed by atoms with Gasteiger partial charge in [0.25, 0.3) is 0 Å². The van der Waals surface area contributed by atoms with Gasteiger partial charge in [0.2, 0.25) is 0 Å². The van der Waals surface area contributed by atoms with Crippen molar-refractivity contribution in [3.63, 3.8) is 0 Å². The second kappa shape index (κ2) is 3.53. The first kappa shape index (κ1) is 9.22. The largest absolute Gasteiger partial charge is 0.493 e. The molecule has 0 aromatic heterocycles. The molecule has 2 heteroatoms. The van der Waals surface area contributed by atoms with E-state index in [9.17, 15) is 0 Å². The molecule has 2 atom stereocenters. The highest BCUT2D eigenvalue weighted by atomic mass is 16.5. The number of benzene rings is 1. The Morgan fingerprint density at radius 1 is 1.40 bits per heavy atom.